The van der Waals surface area contributed by atoms with Gasteiger partial charge in [0, 0.05) is 25.0 Å². The van der Waals surface area contributed by atoms with Crippen molar-refractivity contribution in [1.29, 1.82) is 0 Å². The summed E-state index contributed by atoms with van der Waals surface area (Å²) >= 11 is 0. The van der Waals surface area contributed by atoms with Gasteiger partial charge in [-0.3, -0.25) is 0 Å². The fraction of sp³-hybridized carbons (Fsp3) is 0.600. The molecular formula is C15H25FN2O. The van der Waals surface area contributed by atoms with E-state index in [4.69, 9.17) is 4.74 Å². The van der Waals surface area contributed by atoms with Crippen LogP contribution >= 0.6 is 0 Å². The summed E-state index contributed by atoms with van der Waals surface area (Å²) in [5.74, 6) is -0.0135. The number of ether oxygens (including phenoxy) is 1. The summed E-state index contributed by atoms with van der Waals surface area (Å²) in [6.45, 7) is 9.95. The lowest BCUT2D eigenvalue weighted by Crippen LogP contribution is -2.36. The molecule has 0 radical (unpaired) electrons. The molecule has 0 spiro atoms. The number of benzene rings is 1. The van der Waals surface area contributed by atoms with Gasteiger partial charge < -0.3 is 15.4 Å². The lowest BCUT2D eigenvalue weighted by atomic mass is 9.84. The van der Waals surface area contributed by atoms with Crippen molar-refractivity contribution in [2.45, 2.75) is 26.2 Å². The average Bonchev–Trinajstić information content (AvgIpc) is 2.38. The Morgan fingerprint density at radius 2 is 1.89 bits per heavy atom. The van der Waals surface area contributed by atoms with Gasteiger partial charge in [0.25, 0.3) is 0 Å². The van der Waals surface area contributed by atoms with Crippen LogP contribution in [0.25, 0.3) is 0 Å². The minimum atomic E-state index is -0.305. The molecule has 0 saturated carbocycles. The summed E-state index contributed by atoms with van der Waals surface area (Å²) in [5, 5.41) is 6.65. The minimum Gasteiger partial charge on any atom is -0.494 e. The first-order chi connectivity index (χ1) is 9.01. The van der Waals surface area contributed by atoms with Crippen molar-refractivity contribution in [3.8, 4) is 5.75 Å². The highest BCUT2D eigenvalue weighted by Crippen LogP contribution is 2.26. The van der Waals surface area contributed by atoms with Gasteiger partial charge in [0.05, 0.1) is 7.11 Å². The number of likely N-dealkylation sites (N-methyl/N-ethyl adjacent to an activating group) is 1. The highest BCUT2D eigenvalue weighted by molar-refractivity contribution is 5.33. The molecule has 0 fully saturated rings. The number of halogens is 1. The number of rotatable bonds is 8. The summed E-state index contributed by atoms with van der Waals surface area (Å²) in [7, 11) is 1.48. The zero-order valence-corrected chi connectivity index (χ0v) is 12.3. The van der Waals surface area contributed by atoms with Gasteiger partial charge in [-0.2, -0.15) is 0 Å². The third-order valence-corrected chi connectivity index (χ3v) is 3.23. The predicted octanol–water partition coefficient (Wildman–Crippen LogP) is 2.31. The van der Waals surface area contributed by atoms with E-state index in [9.17, 15) is 4.39 Å². The molecule has 1 rings (SSSR count). The summed E-state index contributed by atoms with van der Waals surface area (Å²) in [5.41, 5.74) is 0.862. The summed E-state index contributed by atoms with van der Waals surface area (Å²) in [6, 6.07) is 5.17. The van der Waals surface area contributed by atoms with Crippen molar-refractivity contribution < 1.29 is 9.13 Å². The largest absolute Gasteiger partial charge is 0.494 e. The first-order valence-electron chi connectivity index (χ1n) is 6.76. The Kier molecular flexibility index (Phi) is 6.25. The maximum Gasteiger partial charge on any atom is 0.165 e. The van der Waals surface area contributed by atoms with Crippen molar-refractivity contribution in [2.75, 3.05) is 33.3 Å². The highest BCUT2D eigenvalue weighted by Gasteiger charge is 2.21. The Morgan fingerprint density at radius 1 is 1.21 bits per heavy atom. The van der Waals surface area contributed by atoms with Crippen LogP contribution in [0.5, 0.6) is 5.75 Å². The van der Waals surface area contributed by atoms with Gasteiger partial charge in [0.1, 0.15) is 0 Å². The second-order valence-corrected chi connectivity index (χ2v) is 5.26. The zero-order chi connectivity index (χ0) is 14.3. The Bertz CT molecular complexity index is 394. The van der Waals surface area contributed by atoms with Crippen molar-refractivity contribution in [2.24, 2.45) is 0 Å². The minimum absolute atomic E-state index is 0.112. The number of nitrogens with one attached hydrogen (secondary N) is 2. The van der Waals surface area contributed by atoms with E-state index < -0.39 is 0 Å². The number of methoxy groups -OCH3 is 1. The molecule has 108 valence electrons. The van der Waals surface area contributed by atoms with Crippen molar-refractivity contribution in [3.05, 3.63) is 29.6 Å². The van der Waals surface area contributed by atoms with Crippen LogP contribution in [0.3, 0.4) is 0 Å². The van der Waals surface area contributed by atoms with Crippen LogP contribution in [0, 0.1) is 5.82 Å². The molecule has 0 aliphatic rings. The fourth-order valence-electron chi connectivity index (χ4n) is 1.94. The van der Waals surface area contributed by atoms with E-state index in [1.807, 2.05) is 6.07 Å². The van der Waals surface area contributed by atoms with E-state index in [0.717, 1.165) is 31.7 Å². The molecule has 0 bridgehead atoms. The van der Waals surface area contributed by atoms with Crippen LogP contribution in [0.4, 0.5) is 4.39 Å². The van der Waals surface area contributed by atoms with Crippen LogP contribution in [0.2, 0.25) is 0 Å². The van der Waals surface area contributed by atoms with Crippen LogP contribution in [-0.4, -0.2) is 33.3 Å². The predicted molar refractivity (Wildman–Crippen MR) is 77.4 cm³/mol. The lowest BCUT2D eigenvalue weighted by Gasteiger charge is -2.26. The molecular weight excluding hydrogens is 243 g/mol. The van der Waals surface area contributed by atoms with Crippen LogP contribution in [0.15, 0.2) is 18.2 Å². The van der Waals surface area contributed by atoms with Gasteiger partial charge in [-0.25, -0.2) is 4.39 Å². The first-order valence-corrected chi connectivity index (χ1v) is 6.76. The molecule has 1 aromatic rings. The Hall–Kier alpha value is -1.13. The molecule has 19 heavy (non-hydrogen) atoms. The molecule has 0 atom stereocenters. The van der Waals surface area contributed by atoms with E-state index in [-0.39, 0.29) is 11.2 Å². The summed E-state index contributed by atoms with van der Waals surface area (Å²) < 4.78 is 18.7. The molecule has 0 aliphatic carbocycles. The topological polar surface area (TPSA) is 33.3 Å². The molecule has 0 unspecified atom stereocenters. The van der Waals surface area contributed by atoms with Gasteiger partial charge in [-0.1, -0.05) is 26.8 Å². The van der Waals surface area contributed by atoms with E-state index in [0.29, 0.717) is 5.75 Å². The van der Waals surface area contributed by atoms with Crippen molar-refractivity contribution in [3.63, 3.8) is 0 Å². The molecule has 0 heterocycles. The SMILES string of the molecule is CCNCCNCC(C)(C)c1ccc(OC)c(F)c1. The second kappa shape index (κ2) is 7.46. The normalized spacial score (nSPS) is 11.6. The Labute approximate surface area is 115 Å². The highest BCUT2D eigenvalue weighted by atomic mass is 19.1. The summed E-state index contributed by atoms with van der Waals surface area (Å²) in [6.07, 6.45) is 0. The quantitative estimate of drug-likeness (QED) is 0.710. The third kappa shape index (κ3) is 4.80. The van der Waals surface area contributed by atoms with Crippen LogP contribution in [-0.2, 0) is 5.41 Å². The molecule has 0 aliphatic heterocycles. The Morgan fingerprint density at radius 3 is 2.47 bits per heavy atom. The van der Waals surface area contributed by atoms with Crippen LogP contribution in [0.1, 0.15) is 26.3 Å². The van der Waals surface area contributed by atoms with Gasteiger partial charge in [-0.05, 0) is 24.2 Å². The average molecular weight is 268 g/mol. The molecule has 2 N–H and O–H groups in total. The van der Waals surface area contributed by atoms with E-state index >= 15 is 0 Å². The van der Waals surface area contributed by atoms with Gasteiger partial charge in [-0.15, -0.1) is 0 Å². The molecule has 1 aromatic carbocycles. The molecule has 4 heteroatoms. The second-order valence-electron chi connectivity index (χ2n) is 5.26. The molecule has 0 amide bonds. The van der Waals surface area contributed by atoms with E-state index in [2.05, 4.69) is 31.4 Å². The first kappa shape index (κ1) is 15.9. The molecule has 3 nitrogen and oxygen atoms in total. The lowest BCUT2D eigenvalue weighted by molar-refractivity contribution is 0.384. The van der Waals surface area contributed by atoms with E-state index in [1.54, 1.807) is 12.1 Å². The fourth-order valence-corrected chi connectivity index (χ4v) is 1.94. The smallest absolute Gasteiger partial charge is 0.165 e. The zero-order valence-electron chi connectivity index (χ0n) is 12.3. The van der Waals surface area contributed by atoms with E-state index in [1.165, 1.54) is 7.11 Å². The number of hydrogen-bond acceptors (Lipinski definition) is 3. The van der Waals surface area contributed by atoms with Gasteiger partial charge >= 0.3 is 0 Å². The van der Waals surface area contributed by atoms with Crippen LogP contribution < -0.4 is 15.4 Å². The van der Waals surface area contributed by atoms with Crippen molar-refractivity contribution in [1.82, 2.24) is 10.6 Å². The Balaban J connectivity index is 2.58. The number of hydrogen-bond donors (Lipinski definition) is 2. The monoisotopic (exact) mass is 268 g/mol. The maximum atomic E-state index is 13.7. The molecule has 0 saturated heterocycles. The van der Waals surface area contributed by atoms with Crippen molar-refractivity contribution >= 4 is 0 Å². The maximum absolute atomic E-state index is 13.7. The standard InChI is InChI=1S/C15H25FN2O/c1-5-17-8-9-18-11-15(2,3)12-6-7-14(19-4)13(16)10-12/h6-7,10,17-18H,5,8-9,11H2,1-4H3. The van der Waals surface area contributed by atoms with Gasteiger partial charge in [0.15, 0.2) is 11.6 Å². The molecule has 0 aromatic heterocycles. The third-order valence-electron chi connectivity index (χ3n) is 3.23. The summed E-state index contributed by atoms with van der Waals surface area (Å²) in [4.78, 5) is 0. The van der Waals surface area contributed by atoms with Gasteiger partial charge in [0.2, 0.25) is 0 Å².